The molecule has 1 fully saturated rings. The van der Waals surface area contributed by atoms with Gasteiger partial charge in [-0.3, -0.25) is 9.52 Å². The summed E-state index contributed by atoms with van der Waals surface area (Å²) in [6, 6.07) is 11.0. The standard InChI is InChI=1S/C21H21FN4O4S/c1-14-23-20(25-30-14)21(11-4-5-12-21)24-19(27)15-7-6-8-16(13-15)31(28,29)26-18-10-3-2-9-17(18)22/h2-3,6-10,13,26H,4-5,11-12H2,1H3,(H,24,27). The molecule has 162 valence electrons. The van der Waals surface area contributed by atoms with E-state index in [4.69, 9.17) is 4.52 Å². The predicted octanol–water partition coefficient (Wildman–Crippen LogP) is 3.52. The van der Waals surface area contributed by atoms with Gasteiger partial charge in [0.25, 0.3) is 15.9 Å². The van der Waals surface area contributed by atoms with Crippen LogP contribution in [0.2, 0.25) is 0 Å². The van der Waals surface area contributed by atoms with E-state index in [-0.39, 0.29) is 16.1 Å². The van der Waals surface area contributed by atoms with Crippen LogP contribution in [-0.2, 0) is 15.6 Å². The molecule has 0 unspecified atom stereocenters. The van der Waals surface area contributed by atoms with E-state index in [0.29, 0.717) is 24.6 Å². The highest BCUT2D eigenvalue weighted by Crippen LogP contribution is 2.37. The van der Waals surface area contributed by atoms with E-state index in [1.54, 1.807) is 6.92 Å². The van der Waals surface area contributed by atoms with Gasteiger partial charge >= 0.3 is 0 Å². The molecule has 1 aromatic heterocycles. The topological polar surface area (TPSA) is 114 Å². The molecule has 1 amide bonds. The molecule has 10 heteroatoms. The van der Waals surface area contributed by atoms with Gasteiger partial charge in [0.2, 0.25) is 5.89 Å². The molecule has 0 aliphatic heterocycles. The number of rotatable bonds is 6. The summed E-state index contributed by atoms with van der Waals surface area (Å²) in [6.07, 6.45) is 3.11. The van der Waals surface area contributed by atoms with Gasteiger partial charge in [-0.15, -0.1) is 0 Å². The lowest BCUT2D eigenvalue weighted by molar-refractivity contribution is 0.0891. The molecule has 2 N–H and O–H groups in total. The van der Waals surface area contributed by atoms with Gasteiger partial charge in [0.15, 0.2) is 5.82 Å². The van der Waals surface area contributed by atoms with Crippen molar-refractivity contribution in [1.29, 1.82) is 0 Å². The summed E-state index contributed by atoms with van der Waals surface area (Å²) in [5.41, 5.74) is -0.771. The van der Waals surface area contributed by atoms with Gasteiger partial charge in [-0.2, -0.15) is 4.98 Å². The fourth-order valence-corrected chi connectivity index (χ4v) is 4.83. The second kappa shape index (κ2) is 8.10. The predicted molar refractivity (Wildman–Crippen MR) is 110 cm³/mol. The maximum atomic E-state index is 13.9. The molecule has 0 spiro atoms. The average molecular weight is 444 g/mol. The number of benzene rings is 2. The van der Waals surface area contributed by atoms with Crippen LogP contribution in [-0.4, -0.2) is 24.5 Å². The number of aromatic nitrogens is 2. The van der Waals surface area contributed by atoms with Crippen LogP contribution in [0.25, 0.3) is 0 Å². The van der Waals surface area contributed by atoms with Crippen LogP contribution in [0.1, 0.15) is 47.8 Å². The largest absolute Gasteiger partial charge is 0.340 e. The summed E-state index contributed by atoms with van der Waals surface area (Å²) in [5, 5.41) is 6.96. The van der Waals surface area contributed by atoms with E-state index in [1.165, 1.54) is 42.5 Å². The minimum Gasteiger partial charge on any atom is -0.340 e. The lowest BCUT2D eigenvalue weighted by Crippen LogP contribution is -2.44. The molecule has 1 aliphatic rings. The van der Waals surface area contributed by atoms with E-state index in [9.17, 15) is 17.6 Å². The van der Waals surface area contributed by atoms with Gasteiger partial charge in [0, 0.05) is 12.5 Å². The van der Waals surface area contributed by atoms with Crippen LogP contribution in [0.3, 0.4) is 0 Å². The van der Waals surface area contributed by atoms with Gasteiger partial charge in [-0.25, -0.2) is 12.8 Å². The van der Waals surface area contributed by atoms with Gasteiger partial charge in [-0.05, 0) is 43.2 Å². The van der Waals surface area contributed by atoms with Crippen LogP contribution in [0.15, 0.2) is 57.9 Å². The Kier molecular flexibility index (Phi) is 5.48. The minimum absolute atomic E-state index is 0.153. The van der Waals surface area contributed by atoms with E-state index in [2.05, 4.69) is 20.2 Å². The second-order valence-electron chi connectivity index (χ2n) is 7.49. The Labute approximate surface area is 178 Å². The number of nitrogens with zero attached hydrogens (tertiary/aromatic N) is 2. The lowest BCUT2D eigenvalue weighted by atomic mass is 9.96. The van der Waals surface area contributed by atoms with E-state index < -0.39 is 27.3 Å². The number of aryl methyl sites for hydroxylation is 1. The highest BCUT2D eigenvalue weighted by atomic mass is 32.2. The summed E-state index contributed by atoms with van der Waals surface area (Å²) >= 11 is 0. The monoisotopic (exact) mass is 444 g/mol. The summed E-state index contributed by atoms with van der Waals surface area (Å²) < 4.78 is 46.6. The first kappa shape index (κ1) is 21.0. The van der Waals surface area contributed by atoms with Crippen LogP contribution in [0.4, 0.5) is 10.1 Å². The van der Waals surface area contributed by atoms with Gasteiger partial charge in [0.1, 0.15) is 11.4 Å². The first-order valence-electron chi connectivity index (χ1n) is 9.80. The Balaban J connectivity index is 1.59. The number of carbonyl (C=O) groups is 1. The molecule has 0 saturated heterocycles. The fraction of sp³-hybridized carbons (Fsp3) is 0.286. The van der Waals surface area contributed by atoms with Crippen molar-refractivity contribution in [3.8, 4) is 0 Å². The SMILES string of the molecule is Cc1nc(C2(NC(=O)c3cccc(S(=O)(=O)Nc4ccccc4F)c3)CCCC2)no1. The molecule has 1 aliphatic carbocycles. The molecule has 1 heterocycles. The van der Waals surface area contributed by atoms with Crippen molar-refractivity contribution in [3.63, 3.8) is 0 Å². The summed E-state index contributed by atoms with van der Waals surface area (Å²) in [4.78, 5) is 17.1. The number of sulfonamides is 1. The van der Waals surface area contributed by atoms with Crippen LogP contribution in [0, 0.1) is 12.7 Å². The van der Waals surface area contributed by atoms with Gasteiger partial charge in [-0.1, -0.05) is 36.2 Å². The molecular weight excluding hydrogens is 423 g/mol. The molecule has 2 aromatic carbocycles. The Morgan fingerprint density at radius 3 is 2.55 bits per heavy atom. The minimum atomic E-state index is -4.09. The van der Waals surface area contributed by atoms with Crippen LogP contribution in [0.5, 0.6) is 0 Å². The molecule has 31 heavy (non-hydrogen) atoms. The van der Waals surface area contributed by atoms with E-state index in [0.717, 1.165) is 18.9 Å². The quantitative estimate of drug-likeness (QED) is 0.601. The van der Waals surface area contributed by atoms with Gasteiger partial charge in [0.05, 0.1) is 10.6 Å². The van der Waals surface area contributed by atoms with Crippen molar-refractivity contribution in [1.82, 2.24) is 15.5 Å². The first-order valence-corrected chi connectivity index (χ1v) is 11.3. The Hall–Kier alpha value is -3.27. The first-order chi connectivity index (χ1) is 14.8. The molecule has 1 saturated carbocycles. The van der Waals surface area contributed by atoms with Gasteiger partial charge < -0.3 is 9.84 Å². The Morgan fingerprint density at radius 1 is 1.13 bits per heavy atom. The highest BCUT2D eigenvalue weighted by Gasteiger charge is 2.41. The zero-order valence-electron chi connectivity index (χ0n) is 16.8. The number of anilines is 1. The third kappa shape index (κ3) is 4.29. The maximum Gasteiger partial charge on any atom is 0.262 e. The Morgan fingerprint density at radius 2 is 1.87 bits per heavy atom. The zero-order chi connectivity index (χ0) is 22.1. The molecule has 0 bridgehead atoms. The van der Waals surface area contributed by atoms with E-state index >= 15 is 0 Å². The highest BCUT2D eigenvalue weighted by molar-refractivity contribution is 7.92. The van der Waals surface area contributed by atoms with Crippen LogP contribution < -0.4 is 10.0 Å². The van der Waals surface area contributed by atoms with Crippen LogP contribution >= 0.6 is 0 Å². The van der Waals surface area contributed by atoms with E-state index in [1.807, 2.05) is 0 Å². The molecule has 4 rings (SSSR count). The summed E-state index contributed by atoms with van der Waals surface area (Å²) in [6.45, 7) is 1.68. The fourth-order valence-electron chi connectivity index (χ4n) is 3.72. The smallest absolute Gasteiger partial charge is 0.262 e. The van der Waals surface area contributed by atoms with Crippen molar-refractivity contribution in [2.45, 2.75) is 43.0 Å². The molecule has 3 aromatic rings. The number of carbonyl (C=O) groups excluding carboxylic acids is 1. The maximum absolute atomic E-state index is 13.9. The van der Waals surface area contributed by atoms with Crippen molar-refractivity contribution in [2.24, 2.45) is 0 Å². The summed E-state index contributed by atoms with van der Waals surface area (Å²) in [7, 11) is -4.09. The third-order valence-corrected chi connectivity index (χ3v) is 6.65. The van der Waals surface area contributed by atoms with Crippen molar-refractivity contribution in [3.05, 3.63) is 71.6 Å². The average Bonchev–Trinajstić information content (AvgIpc) is 3.40. The Bertz CT molecular complexity index is 1220. The normalized spacial score (nSPS) is 15.5. The molecule has 0 radical (unpaired) electrons. The van der Waals surface area contributed by atoms with Crippen molar-refractivity contribution >= 4 is 21.6 Å². The summed E-state index contributed by atoms with van der Waals surface area (Å²) in [5.74, 6) is -0.325. The lowest BCUT2D eigenvalue weighted by Gasteiger charge is -2.26. The number of nitrogens with one attached hydrogen (secondary N) is 2. The number of amides is 1. The molecule has 0 atom stereocenters. The number of para-hydroxylation sites is 1. The molecule has 8 nitrogen and oxygen atoms in total. The zero-order valence-corrected chi connectivity index (χ0v) is 17.6. The number of halogens is 1. The molecular formula is C21H21FN4O4S. The van der Waals surface area contributed by atoms with Crippen molar-refractivity contribution in [2.75, 3.05) is 4.72 Å². The second-order valence-corrected chi connectivity index (χ2v) is 9.18. The van der Waals surface area contributed by atoms with Crippen molar-refractivity contribution < 1.29 is 22.1 Å². The number of hydrogen-bond acceptors (Lipinski definition) is 6. The third-order valence-electron chi connectivity index (χ3n) is 5.29. The number of hydrogen-bond donors (Lipinski definition) is 2.